The number of hydrogen-bond acceptors (Lipinski definition) is 2. The van der Waals surface area contributed by atoms with E-state index in [9.17, 15) is 9.18 Å². The van der Waals surface area contributed by atoms with Crippen molar-refractivity contribution >= 4 is 5.91 Å². The number of halogens is 1. The molecule has 1 N–H and O–H groups in total. The van der Waals surface area contributed by atoms with Crippen LogP contribution in [0, 0.1) is 5.82 Å². The van der Waals surface area contributed by atoms with Crippen molar-refractivity contribution in [1.82, 2.24) is 5.32 Å². The smallest absolute Gasteiger partial charge is 0.258 e. The highest BCUT2D eigenvalue weighted by Gasteiger charge is 2.15. The summed E-state index contributed by atoms with van der Waals surface area (Å²) in [4.78, 5) is 11.6. The number of rotatable bonds is 4. The molecule has 0 aromatic heterocycles. The van der Waals surface area contributed by atoms with Gasteiger partial charge in [0.25, 0.3) is 5.91 Å². The zero-order chi connectivity index (χ0) is 12.8. The Hall–Kier alpha value is -1.58. The normalized spacial score (nSPS) is 16.3. The van der Waals surface area contributed by atoms with E-state index >= 15 is 0 Å². The van der Waals surface area contributed by atoms with Crippen molar-refractivity contribution in [2.24, 2.45) is 0 Å². The Bertz CT molecular complexity index is 385. The third-order valence-electron chi connectivity index (χ3n) is 3.15. The molecule has 1 fully saturated rings. The van der Waals surface area contributed by atoms with Gasteiger partial charge in [0.15, 0.2) is 6.61 Å². The number of amides is 1. The van der Waals surface area contributed by atoms with E-state index in [4.69, 9.17) is 4.74 Å². The largest absolute Gasteiger partial charge is 0.484 e. The number of ether oxygens (including phenoxy) is 1. The summed E-state index contributed by atoms with van der Waals surface area (Å²) < 4.78 is 17.9. The Balaban J connectivity index is 1.72. The van der Waals surface area contributed by atoms with Gasteiger partial charge in [-0.3, -0.25) is 4.79 Å². The Labute approximate surface area is 106 Å². The molecule has 1 aromatic carbocycles. The first kappa shape index (κ1) is 12.9. The van der Waals surface area contributed by atoms with Crippen LogP contribution in [0.2, 0.25) is 0 Å². The van der Waals surface area contributed by atoms with Crippen LogP contribution in [0.15, 0.2) is 24.3 Å². The molecule has 0 bridgehead atoms. The van der Waals surface area contributed by atoms with E-state index in [0.29, 0.717) is 11.8 Å². The maximum absolute atomic E-state index is 12.7. The van der Waals surface area contributed by atoms with Crippen LogP contribution in [0.5, 0.6) is 5.75 Å². The highest BCUT2D eigenvalue weighted by atomic mass is 19.1. The lowest BCUT2D eigenvalue weighted by atomic mass is 9.95. The van der Waals surface area contributed by atoms with Crippen LogP contribution in [-0.2, 0) is 4.79 Å². The van der Waals surface area contributed by atoms with E-state index < -0.39 is 0 Å². The summed E-state index contributed by atoms with van der Waals surface area (Å²) in [7, 11) is 0. The Morgan fingerprint density at radius 1 is 1.22 bits per heavy atom. The lowest BCUT2D eigenvalue weighted by molar-refractivity contribution is -0.124. The third kappa shape index (κ3) is 4.02. The second kappa shape index (κ2) is 6.38. The van der Waals surface area contributed by atoms with Crippen LogP contribution in [0.25, 0.3) is 0 Å². The SMILES string of the molecule is O=C(COc1ccc(F)cc1)NC1CCCCC1. The highest BCUT2D eigenvalue weighted by Crippen LogP contribution is 2.17. The molecule has 0 atom stereocenters. The lowest BCUT2D eigenvalue weighted by Crippen LogP contribution is -2.38. The summed E-state index contributed by atoms with van der Waals surface area (Å²) >= 11 is 0. The molecule has 0 heterocycles. The van der Waals surface area contributed by atoms with Gasteiger partial charge in [0.05, 0.1) is 0 Å². The third-order valence-corrected chi connectivity index (χ3v) is 3.15. The Morgan fingerprint density at radius 3 is 2.56 bits per heavy atom. The molecule has 0 saturated heterocycles. The first-order valence-electron chi connectivity index (χ1n) is 6.42. The van der Waals surface area contributed by atoms with E-state index in [2.05, 4.69) is 5.32 Å². The zero-order valence-electron chi connectivity index (χ0n) is 10.3. The monoisotopic (exact) mass is 251 g/mol. The van der Waals surface area contributed by atoms with E-state index in [1.54, 1.807) is 0 Å². The molecule has 1 aromatic rings. The fourth-order valence-electron chi connectivity index (χ4n) is 2.20. The van der Waals surface area contributed by atoms with E-state index in [1.807, 2.05) is 0 Å². The molecule has 1 amide bonds. The lowest BCUT2D eigenvalue weighted by Gasteiger charge is -2.22. The van der Waals surface area contributed by atoms with Crippen LogP contribution in [0.4, 0.5) is 4.39 Å². The number of carbonyl (C=O) groups excluding carboxylic acids is 1. The minimum absolute atomic E-state index is 0.0118. The van der Waals surface area contributed by atoms with Gasteiger partial charge >= 0.3 is 0 Å². The first-order valence-corrected chi connectivity index (χ1v) is 6.42. The van der Waals surface area contributed by atoms with Crippen molar-refractivity contribution in [2.75, 3.05) is 6.61 Å². The van der Waals surface area contributed by atoms with Gasteiger partial charge in [-0.05, 0) is 37.1 Å². The maximum Gasteiger partial charge on any atom is 0.258 e. The van der Waals surface area contributed by atoms with Crippen LogP contribution < -0.4 is 10.1 Å². The van der Waals surface area contributed by atoms with Crippen molar-refractivity contribution in [1.29, 1.82) is 0 Å². The number of nitrogens with one attached hydrogen (secondary N) is 1. The molecule has 3 nitrogen and oxygen atoms in total. The molecule has 0 spiro atoms. The molecule has 0 radical (unpaired) electrons. The second-order valence-electron chi connectivity index (χ2n) is 4.65. The van der Waals surface area contributed by atoms with Gasteiger partial charge in [-0.25, -0.2) is 4.39 Å². The molecule has 18 heavy (non-hydrogen) atoms. The predicted octanol–water partition coefficient (Wildman–Crippen LogP) is 2.65. The summed E-state index contributed by atoms with van der Waals surface area (Å²) in [5, 5.41) is 2.96. The first-order chi connectivity index (χ1) is 8.74. The van der Waals surface area contributed by atoms with Gasteiger partial charge in [-0.1, -0.05) is 19.3 Å². The van der Waals surface area contributed by atoms with Crippen molar-refractivity contribution in [2.45, 2.75) is 38.1 Å². The van der Waals surface area contributed by atoms with Crippen molar-refractivity contribution in [3.8, 4) is 5.75 Å². The van der Waals surface area contributed by atoms with E-state index in [1.165, 1.54) is 43.5 Å². The quantitative estimate of drug-likeness (QED) is 0.893. The number of hydrogen-bond donors (Lipinski definition) is 1. The summed E-state index contributed by atoms with van der Waals surface area (Å²) in [5.41, 5.74) is 0. The maximum atomic E-state index is 12.7. The summed E-state index contributed by atoms with van der Waals surface area (Å²) in [6.45, 7) is -0.0118. The molecule has 0 aliphatic heterocycles. The van der Waals surface area contributed by atoms with Gasteiger partial charge in [0, 0.05) is 6.04 Å². The molecular formula is C14H18FNO2. The number of benzene rings is 1. The second-order valence-corrected chi connectivity index (χ2v) is 4.65. The molecule has 4 heteroatoms. The molecule has 1 saturated carbocycles. The predicted molar refractivity (Wildman–Crippen MR) is 66.9 cm³/mol. The highest BCUT2D eigenvalue weighted by molar-refractivity contribution is 5.77. The molecule has 1 aliphatic carbocycles. The van der Waals surface area contributed by atoms with Crippen LogP contribution in [0.3, 0.4) is 0 Å². The van der Waals surface area contributed by atoms with Gasteiger partial charge in [0.1, 0.15) is 11.6 Å². The molecule has 0 unspecified atom stereocenters. The van der Waals surface area contributed by atoms with Crippen LogP contribution in [-0.4, -0.2) is 18.6 Å². The zero-order valence-corrected chi connectivity index (χ0v) is 10.3. The fourth-order valence-corrected chi connectivity index (χ4v) is 2.20. The van der Waals surface area contributed by atoms with Crippen LogP contribution in [0.1, 0.15) is 32.1 Å². The van der Waals surface area contributed by atoms with Gasteiger partial charge in [-0.15, -0.1) is 0 Å². The molecule has 1 aliphatic rings. The summed E-state index contributed by atoms with van der Waals surface area (Å²) in [5.74, 6) is 0.0930. The fraction of sp³-hybridized carbons (Fsp3) is 0.500. The van der Waals surface area contributed by atoms with Crippen LogP contribution >= 0.6 is 0 Å². The van der Waals surface area contributed by atoms with Gasteiger partial charge in [-0.2, -0.15) is 0 Å². The van der Waals surface area contributed by atoms with Crippen molar-refractivity contribution in [3.05, 3.63) is 30.1 Å². The Kier molecular flexibility index (Phi) is 4.56. The van der Waals surface area contributed by atoms with Crippen molar-refractivity contribution in [3.63, 3.8) is 0 Å². The summed E-state index contributed by atoms with van der Waals surface area (Å²) in [6.07, 6.45) is 5.75. The topological polar surface area (TPSA) is 38.3 Å². The van der Waals surface area contributed by atoms with Gasteiger partial charge in [0.2, 0.25) is 0 Å². The van der Waals surface area contributed by atoms with E-state index in [-0.39, 0.29) is 18.3 Å². The minimum Gasteiger partial charge on any atom is -0.484 e. The average molecular weight is 251 g/mol. The number of carbonyl (C=O) groups is 1. The van der Waals surface area contributed by atoms with Crippen molar-refractivity contribution < 1.29 is 13.9 Å². The standard InChI is InChI=1S/C14H18FNO2/c15-11-6-8-13(9-7-11)18-10-14(17)16-12-4-2-1-3-5-12/h6-9,12H,1-5,10H2,(H,16,17). The minimum atomic E-state index is -0.311. The molecular weight excluding hydrogens is 233 g/mol. The summed E-state index contributed by atoms with van der Waals surface area (Å²) in [6, 6.07) is 5.96. The van der Waals surface area contributed by atoms with E-state index in [0.717, 1.165) is 12.8 Å². The average Bonchev–Trinajstić information content (AvgIpc) is 2.39. The molecule has 2 rings (SSSR count). The molecule has 98 valence electrons. The Morgan fingerprint density at radius 2 is 1.89 bits per heavy atom. The van der Waals surface area contributed by atoms with Gasteiger partial charge < -0.3 is 10.1 Å².